The van der Waals surface area contributed by atoms with E-state index in [2.05, 4.69) is 30.4 Å². The highest BCUT2D eigenvalue weighted by Crippen LogP contribution is 2.17. The van der Waals surface area contributed by atoms with Gasteiger partial charge in [0.1, 0.15) is 12.2 Å². The van der Waals surface area contributed by atoms with Crippen LogP contribution < -0.4 is 5.32 Å². The lowest BCUT2D eigenvalue weighted by molar-refractivity contribution is 0.591. The van der Waals surface area contributed by atoms with E-state index in [0.29, 0.717) is 5.95 Å². The maximum absolute atomic E-state index is 4.51. The third-order valence-corrected chi connectivity index (χ3v) is 3.26. The van der Waals surface area contributed by atoms with E-state index in [1.807, 2.05) is 42.8 Å². The van der Waals surface area contributed by atoms with E-state index >= 15 is 0 Å². The number of hydrogen-bond acceptors (Lipinski definition) is 6. The number of rotatable bonds is 5. The van der Waals surface area contributed by atoms with Crippen LogP contribution in [0.3, 0.4) is 0 Å². The molecule has 3 heterocycles. The minimum Gasteiger partial charge on any atom is -0.344 e. The van der Waals surface area contributed by atoms with Gasteiger partial charge in [-0.2, -0.15) is 5.10 Å². The maximum Gasteiger partial charge on any atom is 0.223 e. The molecule has 0 spiro atoms. The van der Waals surface area contributed by atoms with E-state index in [1.54, 1.807) is 18.7 Å². The minimum absolute atomic E-state index is 0.0403. The molecule has 22 heavy (non-hydrogen) atoms. The van der Waals surface area contributed by atoms with Crippen LogP contribution in [0.25, 0.3) is 11.4 Å². The van der Waals surface area contributed by atoms with Gasteiger partial charge in [0.05, 0.1) is 17.4 Å². The van der Waals surface area contributed by atoms with Gasteiger partial charge in [0.2, 0.25) is 5.95 Å². The number of aryl methyl sites for hydroxylation is 1. The van der Waals surface area contributed by atoms with Crippen molar-refractivity contribution in [3.63, 3.8) is 0 Å². The molecule has 0 aliphatic rings. The van der Waals surface area contributed by atoms with Crippen molar-refractivity contribution < 1.29 is 0 Å². The first-order valence-corrected chi connectivity index (χ1v) is 7.16. The molecule has 3 rings (SSSR count). The molecule has 0 amide bonds. The smallest absolute Gasteiger partial charge is 0.223 e. The van der Waals surface area contributed by atoms with Crippen LogP contribution in [-0.4, -0.2) is 29.7 Å². The quantitative estimate of drug-likeness (QED) is 0.778. The Morgan fingerprint density at radius 1 is 1.09 bits per heavy atom. The second-order valence-corrected chi connectivity index (χ2v) is 4.78. The Hall–Kier alpha value is -2.83. The predicted octanol–water partition coefficient (Wildman–Crippen LogP) is 2.32. The molecule has 1 unspecified atom stereocenters. The number of hydrogen-bond donors (Lipinski definition) is 1. The Bertz CT molecular complexity index is 738. The van der Waals surface area contributed by atoms with Gasteiger partial charge in [0.25, 0.3) is 0 Å². The van der Waals surface area contributed by atoms with Crippen molar-refractivity contribution >= 4 is 5.95 Å². The van der Waals surface area contributed by atoms with E-state index in [4.69, 9.17) is 0 Å². The van der Waals surface area contributed by atoms with Crippen LogP contribution in [0, 0.1) is 0 Å². The molecule has 0 bridgehead atoms. The fourth-order valence-electron chi connectivity index (χ4n) is 2.20. The molecule has 0 aliphatic carbocycles. The molecule has 0 fully saturated rings. The molecule has 112 valence electrons. The average Bonchev–Trinajstić information content (AvgIpc) is 3.05. The Kier molecular flexibility index (Phi) is 4.04. The lowest BCUT2D eigenvalue weighted by Gasteiger charge is -2.14. The van der Waals surface area contributed by atoms with Crippen LogP contribution in [0.15, 0.2) is 43.0 Å². The van der Waals surface area contributed by atoms with Crippen molar-refractivity contribution in [2.24, 2.45) is 0 Å². The molecule has 0 aliphatic heterocycles. The van der Waals surface area contributed by atoms with Gasteiger partial charge in [-0.25, -0.2) is 19.6 Å². The van der Waals surface area contributed by atoms with E-state index in [9.17, 15) is 0 Å². The zero-order valence-electron chi connectivity index (χ0n) is 12.5. The van der Waals surface area contributed by atoms with Gasteiger partial charge >= 0.3 is 0 Å². The summed E-state index contributed by atoms with van der Waals surface area (Å²) in [6.45, 7) is 4.81. The van der Waals surface area contributed by atoms with Crippen molar-refractivity contribution in [1.82, 2.24) is 29.7 Å². The van der Waals surface area contributed by atoms with Crippen LogP contribution in [0.4, 0.5) is 5.95 Å². The first kappa shape index (κ1) is 14.1. The summed E-state index contributed by atoms with van der Waals surface area (Å²) < 4.78 is 1.85. The molecule has 7 heteroatoms. The Morgan fingerprint density at radius 2 is 2.00 bits per heavy atom. The highest BCUT2D eigenvalue weighted by Gasteiger charge is 2.13. The van der Waals surface area contributed by atoms with E-state index in [-0.39, 0.29) is 6.04 Å². The van der Waals surface area contributed by atoms with Crippen molar-refractivity contribution in [3.8, 4) is 11.4 Å². The number of anilines is 1. The average molecular weight is 295 g/mol. The Labute approximate surface area is 128 Å². The second-order valence-electron chi connectivity index (χ2n) is 4.78. The molecule has 0 radical (unpaired) electrons. The summed E-state index contributed by atoms with van der Waals surface area (Å²) >= 11 is 0. The molecular weight excluding hydrogens is 278 g/mol. The first-order valence-electron chi connectivity index (χ1n) is 7.16. The fourth-order valence-corrected chi connectivity index (χ4v) is 2.20. The molecule has 7 nitrogen and oxygen atoms in total. The van der Waals surface area contributed by atoms with Crippen LogP contribution in [-0.2, 0) is 6.54 Å². The van der Waals surface area contributed by atoms with Crippen LogP contribution >= 0.6 is 0 Å². The summed E-state index contributed by atoms with van der Waals surface area (Å²) in [6.07, 6.45) is 5.02. The second kappa shape index (κ2) is 6.30. The third kappa shape index (κ3) is 2.93. The summed E-state index contributed by atoms with van der Waals surface area (Å²) in [5.41, 5.74) is 1.60. The molecular formula is C15H17N7. The third-order valence-electron chi connectivity index (χ3n) is 3.26. The Morgan fingerprint density at radius 3 is 2.77 bits per heavy atom. The summed E-state index contributed by atoms with van der Waals surface area (Å²) in [6, 6.07) is 7.53. The van der Waals surface area contributed by atoms with Gasteiger partial charge in [-0.15, -0.1) is 0 Å². The summed E-state index contributed by atoms with van der Waals surface area (Å²) in [4.78, 5) is 17.4. The zero-order valence-corrected chi connectivity index (χ0v) is 12.5. The van der Waals surface area contributed by atoms with Crippen molar-refractivity contribution in [2.45, 2.75) is 26.4 Å². The molecule has 0 aromatic carbocycles. The van der Waals surface area contributed by atoms with E-state index < -0.39 is 0 Å². The maximum atomic E-state index is 4.51. The van der Waals surface area contributed by atoms with Gasteiger partial charge in [-0.3, -0.25) is 4.98 Å². The molecule has 1 N–H and O–H groups in total. The normalized spacial score (nSPS) is 12.1. The summed E-state index contributed by atoms with van der Waals surface area (Å²) in [5.74, 6) is 1.40. The number of nitrogens with zero attached hydrogens (tertiary/aromatic N) is 6. The minimum atomic E-state index is -0.0403. The number of nitrogens with one attached hydrogen (secondary N) is 1. The van der Waals surface area contributed by atoms with E-state index in [0.717, 1.165) is 23.8 Å². The Balaban J connectivity index is 1.81. The first-order chi connectivity index (χ1) is 10.8. The topological polar surface area (TPSA) is 81.4 Å². The van der Waals surface area contributed by atoms with Gasteiger partial charge in [0.15, 0.2) is 0 Å². The standard InChI is InChI=1S/C15H17N7/c1-3-22-14(18-10-19-22)11(2)20-15-17-9-7-13(21-15)12-6-4-5-8-16-12/h4-11H,3H2,1-2H3,(H,17,20,21). The predicted molar refractivity (Wildman–Crippen MR) is 83.0 cm³/mol. The SMILES string of the molecule is CCn1ncnc1C(C)Nc1nccc(-c2ccccn2)n1. The van der Waals surface area contributed by atoms with Gasteiger partial charge in [-0.05, 0) is 32.0 Å². The van der Waals surface area contributed by atoms with Gasteiger partial charge < -0.3 is 5.32 Å². The van der Waals surface area contributed by atoms with Gasteiger partial charge in [-0.1, -0.05) is 6.07 Å². The molecule has 3 aromatic rings. The highest BCUT2D eigenvalue weighted by molar-refractivity contribution is 5.54. The van der Waals surface area contributed by atoms with Crippen molar-refractivity contribution in [1.29, 1.82) is 0 Å². The van der Waals surface area contributed by atoms with Crippen LogP contribution in [0.2, 0.25) is 0 Å². The molecule has 3 aromatic heterocycles. The van der Waals surface area contributed by atoms with Crippen molar-refractivity contribution in [2.75, 3.05) is 5.32 Å². The lowest BCUT2D eigenvalue weighted by Crippen LogP contribution is -2.15. The molecule has 0 saturated carbocycles. The largest absolute Gasteiger partial charge is 0.344 e. The summed E-state index contributed by atoms with van der Waals surface area (Å²) in [7, 11) is 0. The molecule has 1 atom stereocenters. The number of pyridine rings is 1. The lowest BCUT2D eigenvalue weighted by atomic mass is 10.2. The summed E-state index contributed by atoms with van der Waals surface area (Å²) in [5, 5.41) is 7.43. The molecule has 0 saturated heterocycles. The van der Waals surface area contributed by atoms with Gasteiger partial charge in [0, 0.05) is 18.9 Å². The fraction of sp³-hybridized carbons (Fsp3) is 0.267. The van der Waals surface area contributed by atoms with Crippen LogP contribution in [0.5, 0.6) is 0 Å². The van der Waals surface area contributed by atoms with Crippen LogP contribution in [0.1, 0.15) is 25.7 Å². The van der Waals surface area contributed by atoms with E-state index in [1.165, 1.54) is 0 Å². The van der Waals surface area contributed by atoms with Crippen molar-refractivity contribution in [3.05, 3.63) is 48.8 Å². The number of aromatic nitrogens is 6. The highest BCUT2D eigenvalue weighted by atomic mass is 15.3. The monoisotopic (exact) mass is 295 g/mol. The zero-order chi connectivity index (χ0) is 15.4.